The molecular weight excluding hydrogens is 194 g/mol. The molecule has 0 radical (unpaired) electrons. The molecule has 0 aromatic carbocycles. The van der Waals surface area contributed by atoms with E-state index in [9.17, 15) is 14.7 Å². The van der Waals surface area contributed by atoms with Gasteiger partial charge in [-0.05, 0) is 31.1 Å². The number of rotatable bonds is 2. The molecule has 3 rings (SSSR count). The second-order valence-electron chi connectivity index (χ2n) is 5.52. The van der Waals surface area contributed by atoms with Gasteiger partial charge in [0.1, 0.15) is 0 Å². The lowest BCUT2D eigenvalue weighted by molar-refractivity contribution is -0.343. The Balaban J connectivity index is 1.99. The Kier molecular flexibility index (Phi) is 1.35. The minimum atomic E-state index is -0.720. The van der Waals surface area contributed by atoms with Gasteiger partial charge in [0.05, 0.1) is 5.41 Å². The van der Waals surface area contributed by atoms with Gasteiger partial charge in [0.2, 0.25) is 5.91 Å². The molecule has 3 fully saturated rings. The van der Waals surface area contributed by atoms with Crippen LogP contribution >= 0.6 is 0 Å². The minimum Gasteiger partial charge on any atom is -0.481 e. The van der Waals surface area contributed by atoms with Gasteiger partial charge in [-0.15, -0.1) is 0 Å². The van der Waals surface area contributed by atoms with Crippen molar-refractivity contribution < 1.29 is 14.7 Å². The van der Waals surface area contributed by atoms with Crippen molar-refractivity contribution in [3.8, 4) is 0 Å². The average molecular weight is 209 g/mol. The van der Waals surface area contributed by atoms with E-state index in [1.165, 1.54) is 0 Å². The molecular formula is C11H15NO3. The highest BCUT2D eigenvalue weighted by Crippen LogP contribution is 2.85. The van der Waals surface area contributed by atoms with Gasteiger partial charge in [-0.2, -0.15) is 0 Å². The summed E-state index contributed by atoms with van der Waals surface area (Å²) in [5.74, 6) is -0.421. The molecule has 0 aromatic heterocycles. The Hall–Kier alpha value is -1.06. The van der Waals surface area contributed by atoms with E-state index < -0.39 is 11.4 Å². The maximum atomic E-state index is 11.3. The molecule has 0 aromatic rings. The van der Waals surface area contributed by atoms with E-state index in [2.05, 4.69) is 6.92 Å². The number of nitrogens with two attached hydrogens (primary N) is 1. The van der Waals surface area contributed by atoms with Gasteiger partial charge in [0, 0.05) is 11.3 Å². The van der Waals surface area contributed by atoms with Crippen LogP contribution in [0.3, 0.4) is 0 Å². The number of carbonyl (C=O) groups is 2. The van der Waals surface area contributed by atoms with Gasteiger partial charge in [-0.25, -0.2) is 0 Å². The summed E-state index contributed by atoms with van der Waals surface area (Å²) in [5, 5.41) is 9.30. The highest BCUT2D eigenvalue weighted by atomic mass is 16.4. The number of amides is 1. The summed E-state index contributed by atoms with van der Waals surface area (Å²) >= 11 is 0. The molecule has 15 heavy (non-hydrogen) atoms. The van der Waals surface area contributed by atoms with Crippen LogP contribution in [-0.4, -0.2) is 17.0 Å². The SMILES string of the molecule is CC1CC2(C(=O)O)CC3CC(C(N)=O)C132. The van der Waals surface area contributed by atoms with Crippen LogP contribution in [0.5, 0.6) is 0 Å². The molecule has 3 N–H and O–H groups in total. The summed E-state index contributed by atoms with van der Waals surface area (Å²) in [6.07, 6.45) is 2.30. The predicted molar refractivity (Wildman–Crippen MR) is 51.7 cm³/mol. The lowest BCUT2D eigenvalue weighted by Gasteiger charge is -2.81. The van der Waals surface area contributed by atoms with Crippen LogP contribution in [0.25, 0.3) is 0 Å². The van der Waals surface area contributed by atoms with Crippen LogP contribution in [0.1, 0.15) is 26.2 Å². The van der Waals surface area contributed by atoms with Crippen molar-refractivity contribution in [1.29, 1.82) is 0 Å². The van der Waals surface area contributed by atoms with Crippen LogP contribution in [0.2, 0.25) is 0 Å². The normalized spacial score (nSPS) is 55.1. The molecule has 5 atom stereocenters. The lowest BCUT2D eigenvalue weighted by Crippen LogP contribution is -2.82. The van der Waals surface area contributed by atoms with Crippen molar-refractivity contribution in [3.63, 3.8) is 0 Å². The number of carboxylic acid groups (broad SMARTS) is 1. The molecule has 3 aliphatic carbocycles. The van der Waals surface area contributed by atoms with Crippen LogP contribution in [0, 0.1) is 28.6 Å². The molecule has 4 nitrogen and oxygen atoms in total. The molecule has 3 aliphatic rings. The Morgan fingerprint density at radius 2 is 2.07 bits per heavy atom. The first-order valence-electron chi connectivity index (χ1n) is 5.49. The maximum Gasteiger partial charge on any atom is 0.310 e. The molecule has 82 valence electrons. The van der Waals surface area contributed by atoms with E-state index >= 15 is 0 Å². The molecule has 5 unspecified atom stereocenters. The molecule has 4 heteroatoms. The highest BCUT2D eigenvalue weighted by Gasteiger charge is 2.85. The van der Waals surface area contributed by atoms with Gasteiger partial charge >= 0.3 is 5.97 Å². The second-order valence-corrected chi connectivity index (χ2v) is 5.52. The van der Waals surface area contributed by atoms with E-state index in [0.29, 0.717) is 11.8 Å². The Morgan fingerprint density at radius 1 is 1.40 bits per heavy atom. The predicted octanol–water partition coefficient (Wildman–Crippen LogP) is 0.609. The summed E-state index contributed by atoms with van der Waals surface area (Å²) in [6.45, 7) is 2.06. The first-order valence-corrected chi connectivity index (χ1v) is 5.49. The topological polar surface area (TPSA) is 80.4 Å². The third-order valence-electron chi connectivity index (χ3n) is 5.42. The first-order chi connectivity index (χ1) is 6.96. The van der Waals surface area contributed by atoms with Crippen molar-refractivity contribution in [2.45, 2.75) is 26.2 Å². The summed E-state index contributed by atoms with van der Waals surface area (Å²) in [6, 6.07) is 0. The number of hydrogen-bond acceptors (Lipinski definition) is 2. The van der Waals surface area contributed by atoms with Crippen LogP contribution < -0.4 is 5.73 Å². The van der Waals surface area contributed by atoms with Gasteiger partial charge in [-0.1, -0.05) is 6.92 Å². The van der Waals surface area contributed by atoms with Crippen molar-refractivity contribution >= 4 is 11.9 Å². The monoisotopic (exact) mass is 209 g/mol. The van der Waals surface area contributed by atoms with Gasteiger partial charge in [0.15, 0.2) is 0 Å². The molecule has 0 aliphatic heterocycles. The van der Waals surface area contributed by atoms with Crippen molar-refractivity contribution in [3.05, 3.63) is 0 Å². The fourth-order valence-electron chi connectivity index (χ4n) is 4.99. The summed E-state index contributed by atoms with van der Waals surface area (Å²) < 4.78 is 0. The smallest absolute Gasteiger partial charge is 0.310 e. The van der Waals surface area contributed by atoms with E-state index in [1.807, 2.05) is 0 Å². The Bertz CT molecular complexity index is 368. The minimum absolute atomic E-state index is 0.184. The molecule has 0 heterocycles. The Morgan fingerprint density at radius 3 is 2.47 bits per heavy atom. The largest absolute Gasteiger partial charge is 0.481 e. The van der Waals surface area contributed by atoms with E-state index in [0.717, 1.165) is 19.3 Å². The Labute approximate surface area is 87.8 Å². The molecule has 1 spiro atoms. The zero-order valence-corrected chi connectivity index (χ0v) is 8.69. The van der Waals surface area contributed by atoms with Crippen LogP contribution in [0.4, 0.5) is 0 Å². The van der Waals surface area contributed by atoms with Gasteiger partial charge in [0.25, 0.3) is 0 Å². The van der Waals surface area contributed by atoms with Crippen molar-refractivity contribution in [1.82, 2.24) is 0 Å². The fourth-order valence-corrected chi connectivity index (χ4v) is 4.99. The quantitative estimate of drug-likeness (QED) is 0.699. The second kappa shape index (κ2) is 2.20. The molecule has 0 bridgehead atoms. The molecule has 0 saturated heterocycles. The van der Waals surface area contributed by atoms with E-state index in [1.54, 1.807) is 0 Å². The highest BCUT2D eigenvalue weighted by molar-refractivity contribution is 5.86. The molecule has 3 saturated carbocycles. The first kappa shape index (κ1) is 9.19. The summed E-state index contributed by atoms with van der Waals surface area (Å²) in [5.41, 5.74) is 4.49. The number of aliphatic carboxylic acids is 1. The van der Waals surface area contributed by atoms with Crippen molar-refractivity contribution in [2.75, 3.05) is 0 Å². The van der Waals surface area contributed by atoms with Gasteiger partial charge < -0.3 is 10.8 Å². The number of carbonyl (C=O) groups excluding carboxylic acids is 1. The number of hydrogen-bond donors (Lipinski definition) is 2. The molecule has 1 amide bonds. The third-order valence-corrected chi connectivity index (χ3v) is 5.42. The fraction of sp³-hybridized carbons (Fsp3) is 0.818. The third kappa shape index (κ3) is 0.621. The average Bonchev–Trinajstić information content (AvgIpc) is 2.06. The maximum absolute atomic E-state index is 11.3. The summed E-state index contributed by atoms with van der Waals surface area (Å²) in [4.78, 5) is 22.6. The zero-order valence-electron chi connectivity index (χ0n) is 8.69. The number of carboxylic acids is 1. The lowest BCUT2D eigenvalue weighted by atomic mass is 9.20. The number of primary amides is 1. The standard InChI is InChI=1S/C11H15NO3/c1-5-3-10(9(14)15)4-6-2-7(8(12)13)11(5,6)10/h5-7H,2-4H2,1H3,(H2,12,13)(H,14,15). The van der Waals surface area contributed by atoms with Crippen LogP contribution in [0.15, 0.2) is 0 Å². The van der Waals surface area contributed by atoms with Crippen molar-refractivity contribution in [2.24, 2.45) is 34.3 Å². The van der Waals surface area contributed by atoms with E-state index in [4.69, 9.17) is 5.73 Å². The summed E-state index contributed by atoms with van der Waals surface area (Å²) in [7, 11) is 0. The zero-order chi connectivity index (χ0) is 11.0. The van der Waals surface area contributed by atoms with E-state index in [-0.39, 0.29) is 17.2 Å². The van der Waals surface area contributed by atoms with Gasteiger partial charge in [-0.3, -0.25) is 9.59 Å². The van der Waals surface area contributed by atoms with Crippen LogP contribution in [-0.2, 0) is 9.59 Å².